The molecule has 0 spiro atoms. The highest BCUT2D eigenvalue weighted by atomic mass is 35.5. The van der Waals surface area contributed by atoms with Crippen molar-refractivity contribution in [2.75, 3.05) is 22.6 Å². The Morgan fingerprint density at radius 2 is 1.81 bits per heavy atom. The van der Waals surface area contributed by atoms with Crippen LogP contribution in [0.3, 0.4) is 0 Å². The van der Waals surface area contributed by atoms with Gasteiger partial charge in [-0.15, -0.1) is 13.2 Å². The van der Waals surface area contributed by atoms with Gasteiger partial charge in [0.1, 0.15) is 12.4 Å². The molecule has 0 saturated carbocycles. The van der Waals surface area contributed by atoms with Gasteiger partial charge in [0.15, 0.2) is 5.17 Å². The van der Waals surface area contributed by atoms with E-state index in [9.17, 15) is 35.9 Å². The van der Waals surface area contributed by atoms with Crippen molar-refractivity contribution in [1.29, 1.82) is 0 Å². The van der Waals surface area contributed by atoms with Crippen LogP contribution in [0.5, 0.6) is 5.75 Å². The van der Waals surface area contributed by atoms with E-state index in [0.717, 1.165) is 17.3 Å². The molecular formula is C30H22ClF6N5O4S. The third-order valence-corrected chi connectivity index (χ3v) is 7.66. The van der Waals surface area contributed by atoms with E-state index in [0.29, 0.717) is 22.5 Å². The molecule has 1 fully saturated rings. The Morgan fingerprint density at radius 3 is 2.49 bits per heavy atom. The maximum atomic E-state index is 12.9. The Kier molecular flexibility index (Phi) is 9.84. The highest BCUT2D eigenvalue weighted by Gasteiger charge is 2.33. The summed E-state index contributed by atoms with van der Waals surface area (Å²) in [7, 11) is 0. The molecule has 47 heavy (non-hydrogen) atoms. The molecule has 4 aromatic rings. The lowest BCUT2D eigenvalue weighted by Crippen LogP contribution is -2.31. The van der Waals surface area contributed by atoms with Gasteiger partial charge in [-0.1, -0.05) is 35.5 Å². The molecule has 1 aliphatic rings. The normalized spacial score (nSPS) is 14.6. The topological polar surface area (TPSA) is 98.1 Å². The van der Waals surface area contributed by atoms with Crippen LogP contribution in [-0.2, 0) is 16.1 Å². The number of aryl methyl sites for hydroxylation is 1. The average molecular weight is 698 g/mol. The van der Waals surface area contributed by atoms with E-state index in [1.807, 2.05) is 0 Å². The Bertz CT molecular complexity index is 1830. The molecule has 17 heteroatoms. The number of nitrogens with zero attached hydrogens (tertiary/aromatic N) is 4. The summed E-state index contributed by atoms with van der Waals surface area (Å²) in [6, 6.07) is 13.8. The van der Waals surface area contributed by atoms with E-state index in [2.05, 4.69) is 20.0 Å². The lowest BCUT2D eigenvalue weighted by atomic mass is 10.1. The van der Waals surface area contributed by atoms with Crippen LogP contribution in [0.2, 0.25) is 5.02 Å². The van der Waals surface area contributed by atoms with Gasteiger partial charge < -0.3 is 19.4 Å². The van der Waals surface area contributed by atoms with Crippen molar-refractivity contribution >= 4 is 51.8 Å². The highest BCUT2D eigenvalue weighted by Crippen LogP contribution is 2.33. The van der Waals surface area contributed by atoms with Gasteiger partial charge in [0, 0.05) is 23.0 Å². The lowest BCUT2D eigenvalue weighted by molar-refractivity contribution is -0.274. The van der Waals surface area contributed by atoms with E-state index < -0.39 is 37.7 Å². The first-order chi connectivity index (χ1) is 22.1. The molecule has 1 aromatic heterocycles. The number of alkyl halides is 6. The van der Waals surface area contributed by atoms with Crippen LogP contribution >= 0.6 is 23.4 Å². The highest BCUT2D eigenvalue weighted by molar-refractivity contribution is 8.15. The molecule has 0 aliphatic carbocycles. The van der Waals surface area contributed by atoms with Crippen molar-refractivity contribution in [3.8, 4) is 22.7 Å². The number of anilines is 2. The molecule has 0 atom stereocenters. The Hall–Kier alpha value is -4.54. The second kappa shape index (κ2) is 13.7. The minimum atomic E-state index is -4.80. The Morgan fingerprint density at radius 1 is 1.06 bits per heavy atom. The fourth-order valence-electron chi connectivity index (χ4n) is 4.40. The predicted octanol–water partition coefficient (Wildman–Crippen LogP) is 8.15. The summed E-state index contributed by atoms with van der Waals surface area (Å²) in [5.41, 5.74) is 3.03. The number of imidazole rings is 1. The number of amidine groups is 1. The average Bonchev–Trinajstić information content (AvgIpc) is 3.61. The second-order valence-electron chi connectivity index (χ2n) is 9.99. The smallest absolute Gasteiger partial charge is 0.406 e. The van der Waals surface area contributed by atoms with Crippen molar-refractivity contribution in [2.24, 2.45) is 4.99 Å². The number of benzene rings is 3. The molecule has 2 heterocycles. The van der Waals surface area contributed by atoms with Gasteiger partial charge in [-0.2, -0.15) is 18.2 Å². The summed E-state index contributed by atoms with van der Waals surface area (Å²) in [5, 5.41) is 2.71. The molecular weight excluding hydrogens is 676 g/mol. The summed E-state index contributed by atoms with van der Waals surface area (Å²) in [4.78, 5) is 35.2. The number of nitrogens with one attached hydrogen (secondary N) is 1. The van der Waals surface area contributed by atoms with Crippen molar-refractivity contribution in [2.45, 2.75) is 26.1 Å². The summed E-state index contributed by atoms with van der Waals surface area (Å²) in [5.74, 6) is -0.830. The molecule has 0 bridgehead atoms. The number of halogens is 7. The molecule has 246 valence electrons. The van der Waals surface area contributed by atoms with Gasteiger partial charge in [-0.25, -0.2) is 9.78 Å². The molecule has 1 N–H and O–H groups in total. The molecule has 0 radical (unpaired) electrons. The van der Waals surface area contributed by atoms with Crippen LogP contribution in [-0.4, -0.2) is 51.6 Å². The summed E-state index contributed by atoms with van der Waals surface area (Å²) in [6.45, 7) is -0.149. The van der Waals surface area contributed by atoms with Crippen LogP contribution in [0.15, 0.2) is 78.2 Å². The minimum absolute atomic E-state index is 0.0202. The lowest BCUT2D eigenvalue weighted by Gasteiger charge is -2.21. The van der Waals surface area contributed by atoms with Crippen molar-refractivity contribution < 1.29 is 45.4 Å². The standard InChI is InChI=1S/C30H22ClF6N5O4S/c1-17-2-3-19(13-45-15-29(32,33)34)25(10-17)42-26(43)14-47-28(42)40-27(44)39-23-9-6-20(11-22(23)31)41-12-24(38-16-41)18-4-7-21(8-5-18)46-30(35,36)37/h2-12,16H,13-15H2,1H3,(H,39,44). The molecule has 1 saturated heterocycles. The summed E-state index contributed by atoms with van der Waals surface area (Å²) in [6.07, 6.45) is -6.22. The van der Waals surface area contributed by atoms with Gasteiger partial charge in [-0.3, -0.25) is 9.69 Å². The number of ether oxygens (including phenoxy) is 2. The van der Waals surface area contributed by atoms with Crippen molar-refractivity contribution in [3.05, 3.63) is 89.3 Å². The summed E-state index contributed by atoms with van der Waals surface area (Å²) < 4.78 is 85.5. The van der Waals surface area contributed by atoms with Gasteiger partial charge in [0.25, 0.3) is 0 Å². The summed E-state index contributed by atoms with van der Waals surface area (Å²) >= 11 is 7.42. The second-order valence-corrected chi connectivity index (χ2v) is 11.3. The number of hydrogen-bond acceptors (Lipinski definition) is 6. The van der Waals surface area contributed by atoms with Crippen LogP contribution in [0.1, 0.15) is 11.1 Å². The Balaban J connectivity index is 1.29. The van der Waals surface area contributed by atoms with Crippen LogP contribution < -0.4 is 15.0 Å². The number of aromatic nitrogens is 2. The number of amides is 3. The van der Waals surface area contributed by atoms with E-state index >= 15 is 0 Å². The zero-order chi connectivity index (χ0) is 33.9. The zero-order valence-corrected chi connectivity index (χ0v) is 25.6. The molecule has 9 nitrogen and oxygen atoms in total. The first-order valence-corrected chi connectivity index (χ1v) is 14.8. The van der Waals surface area contributed by atoms with E-state index in [-0.39, 0.29) is 33.1 Å². The number of rotatable bonds is 8. The van der Waals surface area contributed by atoms with Crippen LogP contribution in [0, 0.1) is 6.92 Å². The van der Waals surface area contributed by atoms with Crippen molar-refractivity contribution in [3.63, 3.8) is 0 Å². The number of aliphatic imine (C=N–C) groups is 1. The van der Waals surface area contributed by atoms with Gasteiger partial charge in [0.05, 0.1) is 40.8 Å². The first kappa shape index (κ1) is 33.8. The SMILES string of the molecule is Cc1ccc(COCC(F)(F)F)c(N2C(=O)CSC2=NC(=O)Nc2ccc(-n3cnc(-c4ccc(OC(F)(F)F)cc4)c3)cc2Cl)c1. The third-order valence-electron chi connectivity index (χ3n) is 6.43. The minimum Gasteiger partial charge on any atom is -0.406 e. The van der Waals surface area contributed by atoms with Gasteiger partial charge >= 0.3 is 18.6 Å². The molecule has 1 aliphatic heterocycles. The largest absolute Gasteiger partial charge is 0.573 e. The number of thioether (sulfide) groups is 1. The zero-order valence-electron chi connectivity index (χ0n) is 24.0. The maximum Gasteiger partial charge on any atom is 0.573 e. The van der Waals surface area contributed by atoms with Crippen LogP contribution in [0.25, 0.3) is 16.9 Å². The predicted molar refractivity (Wildman–Crippen MR) is 164 cm³/mol. The van der Waals surface area contributed by atoms with Gasteiger partial charge in [-0.05, 0) is 61.0 Å². The van der Waals surface area contributed by atoms with E-state index in [1.54, 1.807) is 42.0 Å². The number of carbonyl (C=O) groups excluding carboxylic acids is 2. The molecule has 3 aromatic carbocycles. The number of carbonyl (C=O) groups is 2. The first-order valence-electron chi connectivity index (χ1n) is 13.4. The number of hydrogen-bond donors (Lipinski definition) is 1. The third kappa shape index (κ3) is 8.84. The van der Waals surface area contributed by atoms with E-state index in [1.165, 1.54) is 47.6 Å². The van der Waals surface area contributed by atoms with Crippen LogP contribution in [0.4, 0.5) is 42.5 Å². The number of urea groups is 1. The van der Waals surface area contributed by atoms with Gasteiger partial charge in [0.2, 0.25) is 5.91 Å². The van der Waals surface area contributed by atoms with Crippen molar-refractivity contribution in [1.82, 2.24) is 9.55 Å². The fourth-order valence-corrected chi connectivity index (χ4v) is 5.48. The quantitative estimate of drug-likeness (QED) is 0.187. The maximum absolute atomic E-state index is 12.9. The molecule has 5 rings (SSSR count). The fraction of sp³-hybridized carbons (Fsp3) is 0.200. The molecule has 0 unspecified atom stereocenters. The monoisotopic (exact) mass is 697 g/mol. The molecule has 3 amide bonds. The Labute approximate surface area is 272 Å². The van der Waals surface area contributed by atoms with E-state index in [4.69, 9.17) is 16.3 Å².